The minimum absolute atomic E-state index is 0.141. The van der Waals surface area contributed by atoms with E-state index in [1.165, 1.54) is 0 Å². The van der Waals surface area contributed by atoms with Crippen LogP contribution in [0.5, 0.6) is 0 Å². The molecule has 3 rings (SSSR count). The van der Waals surface area contributed by atoms with E-state index in [0.717, 1.165) is 42.4 Å². The van der Waals surface area contributed by atoms with Crippen molar-refractivity contribution >= 4 is 11.9 Å². The lowest BCUT2D eigenvalue weighted by Crippen LogP contribution is -2.54. The molecule has 2 fully saturated rings. The molecule has 7 heteroatoms. The zero-order valence-electron chi connectivity index (χ0n) is 12.4. The topological polar surface area (TPSA) is 66.8 Å². The first-order chi connectivity index (χ1) is 10.9. The number of carboxylic acid groups (broad SMARTS) is 1. The molecule has 1 heterocycles. The fourth-order valence-electron chi connectivity index (χ4n) is 3.45. The van der Waals surface area contributed by atoms with Gasteiger partial charge in [0.1, 0.15) is 17.4 Å². The minimum atomic E-state index is -1.21. The Morgan fingerprint density at radius 2 is 1.91 bits per heavy atom. The lowest BCUT2D eigenvalue weighted by molar-refractivity contribution is -0.143. The number of rotatable bonds is 2. The summed E-state index contributed by atoms with van der Waals surface area (Å²) in [5.41, 5.74) is -1.50. The predicted molar refractivity (Wildman–Crippen MR) is 75.7 cm³/mol. The summed E-state index contributed by atoms with van der Waals surface area (Å²) in [7, 11) is 0. The molecule has 0 aromatic heterocycles. The van der Waals surface area contributed by atoms with Gasteiger partial charge >= 0.3 is 5.97 Å². The Hall–Kier alpha value is -2.02. The van der Waals surface area contributed by atoms with E-state index < -0.39 is 40.8 Å². The maximum Gasteiger partial charge on any atom is 0.328 e. The molecular weight excluding hydrogens is 308 g/mol. The molecule has 1 aliphatic carbocycles. The quantitative estimate of drug-likeness (QED) is 0.907. The molecule has 1 spiro atoms. The largest absolute Gasteiger partial charge is 0.480 e. The summed E-state index contributed by atoms with van der Waals surface area (Å²) in [5, 5.41) is 9.38. The predicted octanol–water partition coefficient (Wildman–Crippen LogP) is 2.55. The Morgan fingerprint density at radius 3 is 2.57 bits per heavy atom. The molecule has 1 saturated carbocycles. The maximum atomic E-state index is 14.0. The third-order valence-corrected chi connectivity index (χ3v) is 4.56. The molecule has 1 aromatic rings. The van der Waals surface area contributed by atoms with Crippen molar-refractivity contribution in [1.82, 2.24) is 4.90 Å². The van der Waals surface area contributed by atoms with Crippen molar-refractivity contribution in [2.45, 2.75) is 43.9 Å². The fraction of sp³-hybridized carbons (Fsp3) is 0.500. The molecule has 1 aliphatic heterocycles. The van der Waals surface area contributed by atoms with E-state index in [1.54, 1.807) is 0 Å². The summed E-state index contributed by atoms with van der Waals surface area (Å²) in [6.07, 6.45) is 3.56. The number of carboxylic acids is 1. The van der Waals surface area contributed by atoms with Crippen LogP contribution in [0.15, 0.2) is 18.2 Å². The van der Waals surface area contributed by atoms with Crippen LogP contribution in [0, 0.1) is 11.6 Å². The molecule has 1 N–H and O–H groups in total. The van der Waals surface area contributed by atoms with Gasteiger partial charge in [-0.2, -0.15) is 0 Å². The summed E-state index contributed by atoms with van der Waals surface area (Å²) in [6, 6.07) is 1.38. The standard InChI is InChI=1S/C16H17F2NO4/c17-10-4-5-12(18)11(8-10)14(20)19-13(15(21)22)9-23-16(19)6-2-1-3-7-16/h4-5,8,13H,1-3,6-7,9H2,(H,21,22)/t13-/m0/s1. The maximum absolute atomic E-state index is 14.0. The van der Waals surface area contributed by atoms with Crippen LogP contribution in [0.1, 0.15) is 42.5 Å². The Kier molecular flexibility index (Phi) is 4.06. The van der Waals surface area contributed by atoms with Crippen LogP contribution in [0.4, 0.5) is 8.78 Å². The smallest absolute Gasteiger partial charge is 0.328 e. The SMILES string of the molecule is O=C(O)[C@@H]1COC2(CCCCC2)N1C(=O)c1cc(F)ccc1F. The highest BCUT2D eigenvalue weighted by atomic mass is 19.1. The van der Waals surface area contributed by atoms with Crippen LogP contribution < -0.4 is 0 Å². The Bertz CT molecular complexity index is 643. The zero-order chi connectivity index (χ0) is 16.6. The van der Waals surface area contributed by atoms with E-state index in [2.05, 4.69) is 0 Å². The third-order valence-electron chi connectivity index (χ3n) is 4.56. The molecular formula is C16H17F2NO4. The molecule has 1 aromatic carbocycles. The molecule has 5 nitrogen and oxygen atoms in total. The summed E-state index contributed by atoms with van der Waals surface area (Å²) >= 11 is 0. The van der Waals surface area contributed by atoms with Gasteiger partial charge in [0, 0.05) is 0 Å². The van der Waals surface area contributed by atoms with Gasteiger partial charge in [-0.3, -0.25) is 9.69 Å². The van der Waals surface area contributed by atoms with E-state index in [0.29, 0.717) is 12.8 Å². The van der Waals surface area contributed by atoms with Crippen LogP contribution in [-0.2, 0) is 9.53 Å². The molecule has 23 heavy (non-hydrogen) atoms. The molecule has 1 amide bonds. The second-order valence-electron chi connectivity index (χ2n) is 5.97. The summed E-state index contributed by atoms with van der Waals surface area (Å²) in [5.74, 6) is -3.68. The van der Waals surface area contributed by atoms with Crippen LogP contribution >= 0.6 is 0 Å². The van der Waals surface area contributed by atoms with Gasteiger partial charge in [-0.15, -0.1) is 0 Å². The number of halogens is 2. The van der Waals surface area contributed by atoms with Crippen LogP contribution in [-0.4, -0.2) is 40.3 Å². The molecule has 0 radical (unpaired) electrons. The Morgan fingerprint density at radius 1 is 1.22 bits per heavy atom. The monoisotopic (exact) mass is 325 g/mol. The van der Waals surface area contributed by atoms with Crippen molar-refractivity contribution in [2.24, 2.45) is 0 Å². The van der Waals surface area contributed by atoms with E-state index >= 15 is 0 Å². The highest BCUT2D eigenvalue weighted by Gasteiger charge is 2.53. The Labute approximate surface area is 131 Å². The molecule has 0 unspecified atom stereocenters. The van der Waals surface area contributed by atoms with Crippen LogP contribution in [0.3, 0.4) is 0 Å². The number of benzene rings is 1. The molecule has 124 valence electrons. The van der Waals surface area contributed by atoms with Gasteiger partial charge in [0.25, 0.3) is 5.91 Å². The van der Waals surface area contributed by atoms with Crippen molar-refractivity contribution in [1.29, 1.82) is 0 Å². The number of nitrogens with zero attached hydrogens (tertiary/aromatic N) is 1. The molecule has 1 atom stereocenters. The zero-order valence-corrected chi connectivity index (χ0v) is 12.4. The van der Waals surface area contributed by atoms with E-state index in [1.807, 2.05) is 0 Å². The third kappa shape index (κ3) is 2.69. The number of ether oxygens (including phenoxy) is 1. The fourth-order valence-corrected chi connectivity index (χ4v) is 3.45. The number of hydrogen-bond acceptors (Lipinski definition) is 3. The van der Waals surface area contributed by atoms with Crippen molar-refractivity contribution in [3.05, 3.63) is 35.4 Å². The van der Waals surface area contributed by atoms with Gasteiger partial charge in [-0.05, 0) is 43.9 Å². The number of carbonyl (C=O) groups excluding carboxylic acids is 1. The summed E-state index contributed by atoms with van der Waals surface area (Å²) in [6.45, 7) is -0.141. The normalized spacial score (nSPS) is 23.2. The number of aliphatic carboxylic acids is 1. The second-order valence-corrected chi connectivity index (χ2v) is 5.97. The van der Waals surface area contributed by atoms with Crippen molar-refractivity contribution in [3.63, 3.8) is 0 Å². The highest BCUT2D eigenvalue weighted by Crippen LogP contribution is 2.41. The average Bonchev–Trinajstić information content (AvgIpc) is 2.88. The van der Waals surface area contributed by atoms with E-state index in [4.69, 9.17) is 4.74 Å². The van der Waals surface area contributed by atoms with Crippen LogP contribution in [0.2, 0.25) is 0 Å². The highest BCUT2D eigenvalue weighted by molar-refractivity contribution is 5.97. The van der Waals surface area contributed by atoms with Gasteiger partial charge in [0.2, 0.25) is 0 Å². The second kappa shape index (κ2) is 5.88. The number of carbonyl (C=O) groups is 2. The summed E-state index contributed by atoms with van der Waals surface area (Å²) in [4.78, 5) is 25.4. The molecule has 0 bridgehead atoms. The number of hydrogen-bond donors (Lipinski definition) is 1. The van der Waals surface area contributed by atoms with Gasteiger partial charge < -0.3 is 9.84 Å². The van der Waals surface area contributed by atoms with Crippen molar-refractivity contribution in [3.8, 4) is 0 Å². The van der Waals surface area contributed by atoms with E-state index in [-0.39, 0.29) is 6.61 Å². The van der Waals surface area contributed by atoms with Gasteiger partial charge in [0.15, 0.2) is 6.04 Å². The molecule has 2 aliphatic rings. The van der Waals surface area contributed by atoms with Gasteiger partial charge in [-0.1, -0.05) is 6.42 Å². The van der Waals surface area contributed by atoms with E-state index in [9.17, 15) is 23.5 Å². The first kappa shape index (κ1) is 15.9. The Balaban J connectivity index is 2.02. The van der Waals surface area contributed by atoms with Gasteiger partial charge in [-0.25, -0.2) is 13.6 Å². The lowest BCUT2D eigenvalue weighted by atomic mass is 9.89. The lowest BCUT2D eigenvalue weighted by Gasteiger charge is -2.41. The van der Waals surface area contributed by atoms with Crippen LogP contribution in [0.25, 0.3) is 0 Å². The van der Waals surface area contributed by atoms with Crippen molar-refractivity contribution < 1.29 is 28.2 Å². The first-order valence-corrected chi connectivity index (χ1v) is 7.60. The van der Waals surface area contributed by atoms with Crippen molar-refractivity contribution in [2.75, 3.05) is 6.61 Å². The average molecular weight is 325 g/mol. The number of amides is 1. The van der Waals surface area contributed by atoms with Gasteiger partial charge in [0.05, 0.1) is 12.2 Å². The molecule has 1 saturated heterocycles. The first-order valence-electron chi connectivity index (χ1n) is 7.60. The summed E-state index contributed by atoms with van der Waals surface area (Å²) < 4.78 is 33.0. The minimum Gasteiger partial charge on any atom is -0.480 e.